The van der Waals surface area contributed by atoms with Crippen molar-refractivity contribution in [1.82, 2.24) is 9.13 Å². The van der Waals surface area contributed by atoms with Gasteiger partial charge >= 0.3 is 0 Å². The number of nitrogens with zero attached hydrogens (tertiary/aromatic N) is 4. The first kappa shape index (κ1) is 55.6. The van der Waals surface area contributed by atoms with Gasteiger partial charge in [0.1, 0.15) is 0 Å². The van der Waals surface area contributed by atoms with Crippen molar-refractivity contribution in [1.29, 1.82) is 0 Å². The second kappa shape index (κ2) is 27.4. The van der Waals surface area contributed by atoms with Crippen LogP contribution in [0.4, 0.5) is 34.1 Å². The number of aromatic nitrogens is 2. The number of benzene rings is 13. The number of hydrogen-bond acceptors (Lipinski definition) is 2. The van der Waals surface area contributed by atoms with Crippen molar-refractivity contribution >= 4 is 101 Å². The van der Waals surface area contributed by atoms with Gasteiger partial charge in [-0.15, -0.1) is 0 Å². The summed E-state index contributed by atoms with van der Waals surface area (Å²) >= 11 is 0. The van der Waals surface area contributed by atoms with Gasteiger partial charge < -0.3 is 18.9 Å². The molecule has 0 saturated carbocycles. The Balaban J connectivity index is 1.14. The van der Waals surface area contributed by atoms with Gasteiger partial charge in [0, 0.05) is 72.3 Å². The summed E-state index contributed by atoms with van der Waals surface area (Å²) in [6, 6.07) is 48.5. The molecule has 2 aromatic heterocycles. The minimum atomic E-state index is -2.07. The lowest BCUT2D eigenvalue weighted by Gasteiger charge is -2.46. The molecular weight excluding hydrogens is 1380 g/mol. The Kier molecular flexibility index (Phi) is 13.4. The average Bonchev–Trinajstić information content (AvgIpc) is 1.04. The Labute approximate surface area is 707 Å². The van der Waals surface area contributed by atoms with E-state index in [1.165, 1.54) is 9.13 Å². The first-order chi connectivity index (χ1) is 62.1. The molecular formula is C109H113BN4. The fourth-order valence-electron chi connectivity index (χ4n) is 17.0. The minimum absolute atomic E-state index is 0.106. The number of para-hydroxylation sites is 4. The third-order valence-corrected chi connectivity index (χ3v) is 22.3. The molecule has 0 N–H and O–H groups in total. The van der Waals surface area contributed by atoms with Crippen LogP contribution in [0.2, 0.25) is 0 Å². The molecule has 0 spiro atoms. The van der Waals surface area contributed by atoms with E-state index in [2.05, 4.69) is 199 Å². The number of fused-ring (bicyclic) bond motifs is 10. The standard InChI is InChI=1S/C109H113BN4/c1-103(2,3)66-69-54-100-102-101(55-69)114(97-65-87(71-35-31-39-77(57-71)107(13,14)15)75(68-105(7,8)9)61-89(97)73-37-33-41-79(59-73)109(19,20)21)99-63-81(112-94-48-28-24-44-84(94)85-45-25-29-49-95(85)112)51-53-91(99)110(102)90-52-50-80(111-92-46-26-22-42-82(92)83-43-23-27-47-93(83)111)62-98(90)113(100)96-64-86(70-34-30-38-76(56-70)106(10,11)12)74(67-104(4,5)6)60-88(96)72-36-32-40-78(58-72)108(16,17)18/h22-65H,66-68H2,1-21H3/i22D,23D,24D,25D,26D,27D,28D,29D,42D,43D,44D,45D,46D,47D,48D,49D,67D2,68D2. The van der Waals surface area contributed by atoms with Gasteiger partial charge in [-0.25, -0.2) is 0 Å². The van der Waals surface area contributed by atoms with E-state index in [4.69, 9.17) is 0 Å². The molecule has 0 radical (unpaired) electrons. The van der Waals surface area contributed by atoms with E-state index in [9.17, 15) is 27.4 Å². The highest BCUT2D eigenvalue weighted by Crippen LogP contribution is 2.54. The van der Waals surface area contributed by atoms with Crippen molar-refractivity contribution in [2.45, 2.75) is 186 Å². The molecule has 0 unspecified atom stereocenters. The summed E-state index contributed by atoms with van der Waals surface area (Å²) in [6.45, 7) is 42.9. The van der Waals surface area contributed by atoms with E-state index in [-0.39, 0.29) is 55.0 Å². The monoisotopic (exact) mass is 1510 g/mol. The minimum Gasteiger partial charge on any atom is -0.311 e. The van der Waals surface area contributed by atoms with Crippen molar-refractivity contribution in [2.75, 3.05) is 9.80 Å². The number of hydrogen-bond donors (Lipinski definition) is 0. The van der Waals surface area contributed by atoms with Crippen LogP contribution in [0.25, 0.3) is 99.5 Å². The second-order valence-electron chi connectivity index (χ2n) is 38.8. The molecule has 4 nitrogen and oxygen atoms in total. The molecule has 572 valence electrons. The lowest BCUT2D eigenvalue weighted by Crippen LogP contribution is -2.61. The highest BCUT2D eigenvalue weighted by atomic mass is 15.2. The van der Waals surface area contributed by atoms with Gasteiger partial charge in [0.2, 0.25) is 0 Å². The van der Waals surface area contributed by atoms with Crippen molar-refractivity contribution in [3.05, 3.63) is 305 Å². The van der Waals surface area contributed by atoms with Gasteiger partial charge in [-0.1, -0.05) is 327 Å². The van der Waals surface area contributed by atoms with E-state index < -0.39 is 154 Å². The third-order valence-electron chi connectivity index (χ3n) is 22.3. The van der Waals surface area contributed by atoms with Gasteiger partial charge in [0.05, 0.1) is 55.4 Å². The normalized spacial score (nSPS) is 16.3. The molecule has 0 aliphatic carbocycles. The van der Waals surface area contributed by atoms with Crippen molar-refractivity contribution in [3.8, 4) is 55.9 Å². The van der Waals surface area contributed by atoms with E-state index in [1.54, 1.807) is 0 Å². The molecule has 17 rings (SSSR count). The van der Waals surface area contributed by atoms with Crippen LogP contribution in [0.1, 0.15) is 212 Å². The van der Waals surface area contributed by atoms with Gasteiger partial charge in [-0.2, -0.15) is 0 Å². The lowest BCUT2D eigenvalue weighted by atomic mass is 9.33. The van der Waals surface area contributed by atoms with Crippen LogP contribution in [-0.4, -0.2) is 15.8 Å². The molecule has 0 amide bonds. The summed E-state index contributed by atoms with van der Waals surface area (Å²) < 4.78 is 200. The van der Waals surface area contributed by atoms with Crippen LogP contribution in [0.5, 0.6) is 0 Å². The summed E-state index contributed by atoms with van der Waals surface area (Å²) in [5.74, 6) is 0. The zero-order valence-corrected chi connectivity index (χ0v) is 69.7. The van der Waals surface area contributed by atoms with Gasteiger partial charge in [0.15, 0.2) is 0 Å². The molecule has 5 heteroatoms. The van der Waals surface area contributed by atoms with E-state index >= 15 is 0 Å². The summed E-state index contributed by atoms with van der Waals surface area (Å²) in [4.78, 5) is 4.47. The zero-order chi connectivity index (χ0) is 97.8. The molecule has 0 bridgehead atoms. The Morgan fingerprint density at radius 2 is 0.605 bits per heavy atom. The van der Waals surface area contributed by atoms with Crippen LogP contribution in [-0.2, 0) is 40.8 Å². The predicted molar refractivity (Wildman–Crippen MR) is 495 cm³/mol. The van der Waals surface area contributed by atoms with Crippen LogP contribution < -0.4 is 26.2 Å². The lowest BCUT2D eigenvalue weighted by molar-refractivity contribution is 0.411. The molecule has 15 aromatic rings. The van der Waals surface area contributed by atoms with Crippen LogP contribution in [0.15, 0.2) is 267 Å². The van der Waals surface area contributed by atoms with Gasteiger partial charge in [-0.05, 0) is 231 Å². The molecule has 0 fully saturated rings. The molecule has 0 saturated heterocycles. The molecule has 13 aromatic carbocycles. The van der Waals surface area contributed by atoms with Crippen molar-refractivity contribution in [3.63, 3.8) is 0 Å². The number of anilines is 6. The summed E-state index contributed by atoms with van der Waals surface area (Å²) in [7, 11) is 0. The van der Waals surface area contributed by atoms with Crippen LogP contribution in [0.3, 0.4) is 0 Å². The number of rotatable bonds is 11. The quantitative estimate of drug-likeness (QED) is 0.120. The van der Waals surface area contributed by atoms with Gasteiger partial charge in [0.25, 0.3) is 6.71 Å². The topological polar surface area (TPSA) is 16.3 Å². The second-order valence-corrected chi connectivity index (χ2v) is 38.8. The molecule has 0 atom stereocenters. The largest absolute Gasteiger partial charge is 0.311 e. The molecule has 2 aliphatic rings. The fraction of sp³-hybridized carbons (Fsp3) is 0.284. The Morgan fingerprint density at radius 3 is 0.904 bits per heavy atom. The fourth-order valence-corrected chi connectivity index (χ4v) is 17.0. The van der Waals surface area contributed by atoms with E-state index in [1.807, 2.05) is 126 Å². The first-order valence-electron chi connectivity index (χ1n) is 50.0. The SMILES string of the molecule is [2H]c1c([2H])c([2H])c2c(c1[2H])c1c([2H])c([2H])c([2H])c([2H])c1n2-c1ccc2c(c1)N(c1cc(-c3cccc(C(C)(C)C)c3)c(C([2H])([2H])C(C)(C)C)cc1-c1cccc(C(C)(C)C)c1)c1cc(CC(C)(C)C)cc3c1B2c1ccc(-n2c4c([2H])c([2H])c([2H])c([2H])c4c4c([2H])c([2H])c([2H])c([2H])c42)cc1N3c1cc(-c2cccc(C(C)(C)C)c2)c(C([2H])([2H])C(C)(C)C)cc1-c1cccc(C(C)(C)C)c1. The zero-order valence-electron chi connectivity index (χ0n) is 89.7. The first-order valence-corrected chi connectivity index (χ1v) is 40.0. The summed E-state index contributed by atoms with van der Waals surface area (Å²) in [5.41, 5.74) is 12.2. The maximum absolute atomic E-state index is 10.7. The van der Waals surface area contributed by atoms with E-state index in [0.717, 1.165) is 55.5 Å². The Morgan fingerprint density at radius 1 is 0.298 bits per heavy atom. The third kappa shape index (κ3) is 13.9. The predicted octanol–water partition coefficient (Wildman–Crippen LogP) is 28.6. The Hall–Kier alpha value is -10.9. The highest BCUT2D eigenvalue weighted by Gasteiger charge is 2.46. The Bertz CT molecular complexity index is 6970. The summed E-state index contributed by atoms with van der Waals surface area (Å²) in [5, 5.41) is -0.482. The maximum atomic E-state index is 10.7. The van der Waals surface area contributed by atoms with Crippen LogP contribution >= 0.6 is 0 Å². The van der Waals surface area contributed by atoms with Crippen molar-refractivity contribution < 1.29 is 27.4 Å². The van der Waals surface area contributed by atoms with Crippen LogP contribution in [0, 0.1) is 16.2 Å². The maximum Gasteiger partial charge on any atom is 0.252 e. The highest BCUT2D eigenvalue weighted by molar-refractivity contribution is 7.00. The van der Waals surface area contributed by atoms with Crippen molar-refractivity contribution in [2.24, 2.45) is 16.2 Å². The van der Waals surface area contributed by atoms with E-state index in [0.29, 0.717) is 84.9 Å². The summed E-state index contributed by atoms with van der Waals surface area (Å²) in [6.07, 6.45) is -3.73. The van der Waals surface area contributed by atoms with Gasteiger partial charge in [-0.3, -0.25) is 0 Å². The smallest absolute Gasteiger partial charge is 0.252 e. The molecule has 114 heavy (non-hydrogen) atoms. The average molecular weight is 1510 g/mol. The molecule has 2 aliphatic heterocycles. The molecule has 4 heterocycles.